The number of carbonyl (C=O) groups is 1. The van der Waals surface area contributed by atoms with Crippen molar-refractivity contribution in [1.82, 2.24) is 19.4 Å². The summed E-state index contributed by atoms with van der Waals surface area (Å²) in [5.74, 6) is 2.83. The summed E-state index contributed by atoms with van der Waals surface area (Å²) in [4.78, 5) is 46.9. The van der Waals surface area contributed by atoms with Crippen molar-refractivity contribution in [2.45, 2.75) is 32.5 Å². The van der Waals surface area contributed by atoms with E-state index in [4.69, 9.17) is 9.57 Å². The van der Waals surface area contributed by atoms with Crippen LogP contribution in [-0.4, -0.2) is 71.8 Å². The molecule has 1 N–H and O–H groups in total. The Bertz CT molecular complexity index is 1360. The van der Waals surface area contributed by atoms with Crippen molar-refractivity contribution < 1.29 is 27.5 Å². The first-order valence-corrected chi connectivity index (χ1v) is 12.3. The van der Waals surface area contributed by atoms with Gasteiger partial charge in [0.25, 0.3) is 5.56 Å². The fourth-order valence-corrected chi connectivity index (χ4v) is 4.50. The molecular formula is C25H29F3N6O5. The van der Waals surface area contributed by atoms with Crippen LogP contribution in [0.25, 0.3) is 0 Å². The van der Waals surface area contributed by atoms with Crippen LogP contribution in [-0.2, 0) is 34.6 Å². The van der Waals surface area contributed by atoms with Crippen molar-refractivity contribution in [1.29, 1.82) is 0 Å². The maximum Gasteiger partial charge on any atom is 0.493 e. The van der Waals surface area contributed by atoms with Gasteiger partial charge in [0, 0.05) is 33.2 Å². The van der Waals surface area contributed by atoms with Crippen LogP contribution < -0.4 is 26.5 Å². The highest BCUT2D eigenvalue weighted by Gasteiger charge is 2.50. The number of hydrogen-bond acceptors (Lipinski definition) is 9. The second-order valence-corrected chi connectivity index (χ2v) is 8.90. The van der Waals surface area contributed by atoms with E-state index >= 15 is 0 Å². The summed E-state index contributed by atoms with van der Waals surface area (Å²) in [6, 6.07) is 9.27. The Morgan fingerprint density at radius 2 is 1.85 bits per heavy atom. The highest BCUT2D eigenvalue weighted by Crippen LogP contribution is 2.38. The number of ether oxygens (including phenoxy) is 1. The first-order valence-electron chi connectivity index (χ1n) is 12.3. The average Bonchev–Trinajstić information content (AvgIpc) is 3.24. The molecule has 2 aliphatic heterocycles. The van der Waals surface area contributed by atoms with Crippen LogP contribution in [0, 0.1) is 11.8 Å². The number of benzene rings is 1. The van der Waals surface area contributed by atoms with Gasteiger partial charge in [0.2, 0.25) is 0 Å². The summed E-state index contributed by atoms with van der Waals surface area (Å²) in [5.41, 5.74) is -0.751. The lowest BCUT2D eigenvalue weighted by Gasteiger charge is -2.40. The highest BCUT2D eigenvalue weighted by molar-refractivity contribution is 5.80. The fraction of sp³-hybridized carbons (Fsp3) is 0.480. The summed E-state index contributed by atoms with van der Waals surface area (Å²) in [6.45, 7) is 3.41. The molecule has 1 atom stereocenters. The van der Waals surface area contributed by atoms with Crippen LogP contribution in [0.4, 0.5) is 24.7 Å². The van der Waals surface area contributed by atoms with Crippen LogP contribution in [0.2, 0.25) is 0 Å². The number of hydrogen-bond donors (Lipinski definition) is 1. The molecule has 2 aliphatic rings. The molecule has 0 bridgehead atoms. The van der Waals surface area contributed by atoms with Crippen molar-refractivity contribution in [3.8, 4) is 11.8 Å². The van der Waals surface area contributed by atoms with E-state index in [2.05, 4.69) is 17.2 Å². The molecule has 0 saturated carbocycles. The van der Waals surface area contributed by atoms with E-state index in [1.54, 1.807) is 11.8 Å². The Morgan fingerprint density at radius 3 is 2.49 bits per heavy atom. The van der Waals surface area contributed by atoms with Gasteiger partial charge in [-0.2, -0.15) is 13.2 Å². The number of fused-ring (bicyclic) bond motifs is 1. The van der Waals surface area contributed by atoms with Gasteiger partial charge in [0.15, 0.2) is 17.8 Å². The zero-order chi connectivity index (χ0) is 28.2. The predicted molar refractivity (Wildman–Crippen MR) is 136 cm³/mol. The number of nitrogens with one attached hydrogen (secondary N) is 1. The SMILES string of the molecule is CC#CCN1c2c(n(CCOCc3ccccc3)c(=O)n(C)c2=O)N(OC(=O)C(F)(F)F)C1N1CCNCC1. The molecule has 1 fully saturated rings. The Labute approximate surface area is 222 Å². The smallest absolute Gasteiger partial charge is 0.375 e. The monoisotopic (exact) mass is 550 g/mol. The zero-order valence-electron chi connectivity index (χ0n) is 21.5. The minimum atomic E-state index is -5.31. The number of carbonyl (C=O) groups excluding carboxylic acids is 1. The fourth-order valence-electron chi connectivity index (χ4n) is 4.50. The van der Waals surface area contributed by atoms with Crippen LogP contribution in [0.3, 0.4) is 0 Å². The summed E-state index contributed by atoms with van der Waals surface area (Å²) < 4.78 is 47.8. The number of piperazine rings is 1. The number of halogens is 3. The van der Waals surface area contributed by atoms with Crippen LogP contribution >= 0.6 is 0 Å². The van der Waals surface area contributed by atoms with E-state index in [9.17, 15) is 27.6 Å². The molecule has 1 unspecified atom stereocenters. The van der Waals surface area contributed by atoms with Crippen LogP contribution in [0.1, 0.15) is 12.5 Å². The topological polar surface area (TPSA) is 101 Å². The van der Waals surface area contributed by atoms with Gasteiger partial charge in [-0.1, -0.05) is 36.3 Å². The maximum absolute atomic E-state index is 13.4. The third-order valence-electron chi connectivity index (χ3n) is 6.36. The van der Waals surface area contributed by atoms with Gasteiger partial charge in [-0.3, -0.25) is 18.8 Å². The van der Waals surface area contributed by atoms with Gasteiger partial charge in [0.05, 0.1) is 26.3 Å². The molecule has 14 heteroatoms. The van der Waals surface area contributed by atoms with E-state index < -0.39 is 29.7 Å². The molecule has 1 saturated heterocycles. The molecule has 39 heavy (non-hydrogen) atoms. The van der Waals surface area contributed by atoms with E-state index in [-0.39, 0.29) is 37.8 Å². The minimum absolute atomic E-state index is 0.00638. The molecule has 4 rings (SSSR count). The molecule has 2 aromatic rings. The standard InChI is InChI=1S/C25H29F3N6O5/c1-3-4-12-32-19-20(34(39-22(36)25(26,27)28)23(32)31-13-10-29-11-14-31)33(24(37)30(2)21(19)35)15-16-38-17-18-8-6-5-7-9-18/h5-9,23,29H,10-17H2,1-2H3. The Kier molecular flexibility index (Phi) is 8.63. The quantitative estimate of drug-likeness (QED) is 0.375. The van der Waals surface area contributed by atoms with Gasteiger partial charge in [-0.25, -0.2) is 9.59 Å². The molecule has 11 nitrogen and oxygen atoms in total. The van der Waals surface area contributed by atoms with Gasteiger partial charge in [-0.05, 0) is 12.5 Å². The van der Waals surface area contributed by atoms with Crippen molar-refractivity contribution in [2.24, 2.45) is 7.05 Å². The molecule has 1 aromatic carbocycles. The second-order valence-electron chi connectivity index (χ2n) is 8.90. The Balaban J connectivity index is 1.79. The molecule has 1 aromatic heterocycles. The van der Waals surface area contributed by atoms with E-state index in [0.717, 1.165) is 14.7 Å². The lowest BCUT2D eigenvalue weighted by Crippen LogP contribution is -2.61. The normalized spacial score (nSPS) is 17.5. The first-order chi connectivity index (χ1) is 18.6. The third-order valence-corrected chi connectivity index (χ3v) is 6.36. The molecular weight excluding hydrogens is 521 g/mol. The van der Waals surface area contributed by atoms with Crippen LogP contribution in [0.15, 0.2) is 39.9 Å². The number of rotatable bonds is 8. The summed E-state index contributed by atoms with van der Waals surface area (Å²) >= 11 is 0. The molecule has 0 spiro atoms. The number of alkyl halides is 3. The summed E-state index contributed by atoms with van der Waals surface area (Å²) in [5, 5.41) is 3.87. The van der Waals surface area contributed by atoms with Gasteiger partial charge < -0.3 is 19.8 Å². The number of aromatic nitrogens is 2. The van der Waals surface area contributed by atoms with E-state index in [0.29, 0.717) is 31.2 Å². The molecule has 3 heterocycles. The van der Waals surface area contributed by atoms with Crippen molar-refractivity contribution in [3.63, 3.8) is 0 Å². The van der Waals surface area contributed by atoms with Crippen molar-refractivity contribution in [2.75, 3.05) is 49.3 Å². The summed E-state index contributed by atoms with van der Waals surface area (Å²) in [6.07, 6.45) is -6.45. The highest BCUT2D eigenvalue weighted by atomic mass is 19.4. The largest absolute Gasteiger partial charge is 0.493 e. The molecule has 0 aliphatic carbocycles. The van der Waals surface area contributed by atoms with Gasteiger partial charge in [0.1, 0.15) is 0 Å². The number of nitrogens with zero attached hydrogens (tertiary/aromatic N) is 5. The van der Waals surface area contributed by atoms with Gasteiger partial charge in [-0.15, -0.1) is 11.0 Å². The lowest BCUT2D eigenvalue weighted by molar-refractivity contribution is -0.203. The second kappa shape index (κ2) is 11.9. The molecule has 0 radical (unpaired) electrons. The number of hydroxylamine groups is 1. The maximum atomic E-state index is 13.4. The lowest BCUT2D eigenvalue weighted by atomic mass is 10.2. The molecule has 0 amide bonds. The molecule has 210 valence electrons. The van der Waals surface area contributed by atoms with E-state index in [1.807, 2.05) is 30.3 Å². The van der Waals surface area contributed by atoms with Crippen molar-refractivity contribution >= 4 is 17.5 Å². The minimum Gasteiger partial charge on any atom is -0.375 e. The van der Waals surface area contributed by atoms with Gasteiger partial charge >= 0.3 is 17.8 Å². The average molecular weight is 551 g/mol. The van der Waals surface area contributed by atoms with E-state index in [1.165, 1.54) is 11.9 Å². The predicted octanol–water partition coefficient (Wildman–Crippen LogP) is 0.623. The van der Waals surface area contributed by atoms with Crippen molar-refractivity contribution in [3.05, 3.63) is 56.7 Å². The first kappa shape index (κ1) is 28.2. The summed E-state index contributed by atoms with van der Waals surface area (Å²) in [7, 11) is 1.28. The number of anilines is 2. The zero-order valence-corrected chi connectivity index (χ0v) is 21.5. The third kappa shape index (κ3) is 5.95. The Hall–Kier alpha value is -3.80. The Morgan fingerprint density at radius 1 is 1.15 bits per heavy atom. The van der Waals surface area contributed by atoms with Crippen LogP contribution in [0.5, 0.6) is 0 Å².